The highest BCUT2D eigenvalue weighted by molar-refractivity contribution is 7.98. The molecule has 0 aliphatic carbocycles. The lowest BCUT2D eigenvalue weighted by molar-refractivity contribution is -0.144. The molecule has 5 nitrogen and oxygen atoms in total. The van der Waals surface area contributed by atoms with Crippen LogP contribution in [0.4, 0.5) is 0 Å². The molecule has 1 atom stereocenters. The van der Waals surface area contributed by atoms with Gasteiger partial charge >= 0.3 is 5.97 Å². The van der Waals surface area contributed by atoms with Crippen LogP contribution in [0.1, 0.15) is 17.8 Å². The van der Waals surface area contributed by atoms with Crippen molar-refractivity contribution in [3.63, 3.8) is 0 Å². The zero-order valence-electron chi connectivity index (χ0n) is 17.4. The molecule has 6 heteroatoms. The number of pyridine rings is 2. The third-order valence-corrected chi connectivity index (χ3v) is 6.01. The fourth-order valence-corrected chi connectivity index (χ4v) is 4.24. The van der Waals surface area contributed by atoms with Crippen LogP contribution in [0.15, 0.2) is 72.8 Å². The fourth-order valence-electron chi connectivity index (χ4n) is 3.78. The van der Waals surface area contributed by atoms with Crippen molar-refractivity contribution < 1.29 is 9.90 Å². The Bertz CT molecular complexity index is 1120. The van der Waals surface area contributed by atoms with Crippen LogP contribution in [0, 0.1) is 0 Å². The predicted octanol–water partition coefficient (Wildman–Crippen LogP) is 4.99. The first-order chi connectivity index (χ1) is 15.1. The summed E-state index contributed by atoms with van der Waals surface area (Å²) in [5, 5.41) is 12.1. The number of nitrogens with zero attached hydrogens (tertiary/aromatic N) is 3. The van der Waals surface area contributed by atoms with Gasteiger partial charge < -0.3 is 5.11 Å². The number of aromatic nitrogens is 2. The van der Waals surface area contributed by atoms with E-state index in [9.17, 15) is 9.90 Å². The molecule has 2 aromatic heterocycles. The van der Waals surface area contributed by atoms with Gasteiger partial charge in [0.1, 0.15) is 6.04 Å². The van der Waals surface area contributed by atoms with Crippen molar-refractivity contribution in [1.29, 1.82) is 0 Å². The lowest BCUT2D eigenvalue weighted by Crippen LogP contribution is -2.41. The summed E-state index contributed by atoms with van der Waals surface area (Å²) in [4.78, 5) is 23.7. The van der Waals surface area contributed by atoms with E-state index < -0.39 is 12.0 Å². The molecule has 0 bridgehead atoms. The molecule has 4 rings (SSSR count). The van der Waals surface area contributed by atoms with E-state index in [1.807, 2.05) is 84.0 Å². The molecular formula is C25H25N3O2S. The number of thioether (sulfide) groups is 1. The van der Waals surface area contributed by atoms with Gasteiger partial charge in [0.15, 0.2) is 0 Å². The van der Waals surface area contributed by atoms with E-state index in [0.29, 0.717) is 19.5 Å². The second-order valence-electron chi connectivity index (χ2n) is 7.53. The summed E-state index contributed by atoms with van der Waals surface area (Å²) in [5.41, 5.74) is 3.55. The first kappa shape index (κ1) is 21.3. The van der Waals surface area contributed by atoms with Crippen LogP contribution >= 0.6 is 11.8 Å². The predicted molar refractivity (Wildman–Crippen MR) is 127 cm³/mol. The molecule has 0 saturated heterocycles. The molecule has 0 aliphatic heterocycles. The summed E-state index contributed by atoms with van der Waals surface area (Å²) in [5.74, 6) is -0.0281. The molecule has 2 heterocycles. The van der Waals surface area contributed by atoms with Crippen LogP contribution in [0.3, 0.4) is 0 Å². The molecule has 1 unspecified atom stereocenters. The summed E-state index contributed by atoms with van der Waals surface area (Å²) >= 11 is 1.66. The van der Waals surface area contributed by atoms with Gasteiger partial charge in [-0.05, 0) is 42.7 Å². The molecule has 0 aliphatic rings. The maximum Gasteiger partial charge on any atom is 0.320 e. The third kappa shape index (κ3) is 5.21. The maximum atomic E-state index is 12.2. The largest absolute Gasteiger partial charge is 0.480 e. The summed E-state index contributed by atoms with van der Waals surface area (Å²) in [6.07, 6.45) is 2.57. The van der Waals surface area contributed by atoms with E-state index in [-0.39, 0.29) is 0 Å². The minimum absolute atomic E-state index is 0.449. The Morgan fingerprint density at radius 3 is 1.87 bits per heavy atom. The Kier molecular flexibility index (Phi) is 6.79. The Hall–Kier alpha value is -2.96. The smallest absolute Gasteiger partial charge is 0.320 e. The normalized spacial score (nSPS) is 12.5. The highest BCUT2D eigenvalue weighted by Crippen LogP contribution is 2.20. The van der Waals surface area contributed by atoms with Gasteiger partial charge in [0.25, 0.3) is 0 Å². The van der Waals surface area contributed by atoms with Crippen molar-refractivity contribution in [2.24, 2.45) is 0 Å². The maximum absolute atomic E-state index is 12.2. The average Bonchev–Trinajstić information content (AvgIpc) is 2.79. The lowest BCUT2D eigenvalue weighted by Gasteiger charge is -2.28. The van der Waals surface area contributed by atoms with Crippen molar-refractivity contribution in [3.05, 3.63) is 84.2 Å². The summed E-state index contributed by atoms with van der Waals surface area (Å²) in [7, 11) is 0. The summed E-state index contributed by atoms with van der Waals surface area (Å²) in [6, 6.07) is 23.4. The minimum Gasteiger partial charge on any atom is -0.480 e. The number of carboxylic acid groups (broad SMARTS) is 1. The van der Waals surface area contributed by atoms with Crippen molar-refractivity contribution in [2.45, 2.75) is 25.6 Å². The van der Waals surface area contributed by atoms with E-state index in [1.165, 1.54) is 0 Å². The Morgan fingerprint density at radius 1 is 0.871 bits per heavy atom. The van der Waals surface area contributed by atoms with E-state index in [2.05, 4.69) is 0 Å². The highest BCUT2D eigenvalue weighted by atomic mass is 32.2. The van der Waals surface area contributed by atoms with E-state index in [1.54, 1.807) is 11.8 Å². The zero-order chi connectivity index (χ0) is 21.6. The van der Waals surface area contributed by atoms with Gasteiger partial charge in [-0.2, -0.15) is 11.8 Å². The van der Waals surface area contributed by atoms with Gasteiger partial charge in [-0.3, -0.25) is 19.7 Å². The first-order valence-corrected chi connectivity index (χ1v) is 11.7. The molecule has 1 N–H and O–H groups in total. The number of para-hydroxylation sites is 2. The van der Waals surface area contributed by atoms with E-state index >= 15 is 0 Å². The quantitative estimate of drug-likeness (QED) is 0.403. The molecule has 31 heavy (non-hydrogen) atoms. The molecule has 0 spiro atoms. The molecule has 0 radical (unpaired) electrons. The van der Waals surface area contributed by atoms with Gasteiger partial charge in [-0.15, -0.1) is 0 Å². The highest BCUT2D eigenvalue weighted by Gasteiger charge is 2.26. The lowest BCUT2D eigenvalue weighted by atomic mass is 10.1. The van der Waals surface area contributed by atoms with E-state index in [4.69, 9.17) is 9.97 Å². The van der Waals surface area contributed by atoms with Gasteiger partial charge in [-0.1, -0.05) is 48.5 Å². The molecule has 0 amide bonds. The number of carboxylic acids is 1. The van der Waals surface area contributed by atoms with Crippen molar-refractivity contribution in [3.8, 4) is 0 Å². The summed E-state index contributed by atoms with van der Waals surface area (Å²) < 4.78 is 0. The van der Waals surface area contributed by atoms with E-state index in [0.717, 1.165) is 38.9 Å². The van der Waals surface area contributed by atoms with Crippen LogP contribution in [0.25, 0.3) is 21.8 Å². The number of hydrogen-bond acceptors (Lipinski definition) is 5. The summed E-state index contributed by atoms with van der Waals surface area (Å²) in [6.45, 7) is 0.898. The number of carbonyl (C=O) groups is 1. The monoisotopic (exact) mass is 431 g/mol. The van der Waals surface area contributed by atoms with Gasteiger partial charge in [0, 0.05) is 23.9 Å². The second kappa shape index (κ2) is 9.90. The fraction of sp³-hybridized carbons (Fsp3) is 0.240. The molecule has 158 valence electrons. The number of fused-ring (bicyclic) bond motifs is 2. The molecule has 0 saturated carbocycles. The van der Waals surface area contributed by atoms with Crippen molar-refractivity contribution in [2.75, 3.05) is 12.0 Å². The second-order valence-corrected chi connectivity index (χ2v) is 8.52. The van der Waals surface area contributed by atoms with Crippen LogP contribution in [0.2, 0.25) is 0 Å². The SMILES string of the molecule is CSCCC(C(=O)O)N(Cc1ccc2ccccc2n1)Cc1ccc2ccccc2n1. The van der Waals surface area contributed by atoms with Gasteiger partial charge in [0.2, 0.25) is 0 Å². The van der Waals surface area contributed by atoms with Crippen LogP contribution in [0.5, 0.6) is 0 Å². The first-order valence-electron chi connectivity index (χ1n) is 10.3. The number of benzene rings is 2. The minimum atomic E-state index is -0.810. The zero-order valence-corrected chi connectivity index (χ0v) is 18.3. The number of rotatable bonds is 9. The standard InChI is InChI=1S/C25H25N3O2S/c1-31-15-14-24(25(29)30)28(16-20-12-10-18-6-2-4-8-22(18)26-20)17-21-13-11-19-7-3-5-9-23(19)27-21/h2-13,24H,14-17H2,1H3,(H,29,30). The van der Waals surface area contributed by atoms with Crippen LogP contribution < -0.4 is 0 Å². The van der Waals surface area contributed by atoms with Crippen molar-refractivity contribution >= 4 is 39.5 Å². The van der Waals surface area contributed by atoms with Gasteiger partial charge in [-0.25, -0.2) is 0 Å². The number of aliphatic carboxylic acids is 1. The van der Waals surface area contributed by atoms with Crippen LogP contribution in [-0.2, 0) is 17.9 Å². The Balaban J connectivity index is 1.65. The molecule has 0 fully saturated rings. The molecular weight excluding hydrogens is 406 g/mol. The Morgan fingerprint density at radius 2 is 1.39 bits per heavy atom. The Labute approximate surface area is 186 Å². The third-order valence-electron chi connectivity index (χ3n) is 5.36. The molecule has 4 aromatic rings. The average molecular weight is 432 g/mol. The number of hydrogen-bond donors (Lipinski definition) is 1. The van der Waals surface area contributed by atoms with Crippen LogP contribution in [-0.4, -0.2) is 44.0 Å². The molecule has 2 aromatic carbocycles. The topological polar surface area (TPSA) is 66.3 Å². The van der Waals surface area contributed by atoms with Gasteiger partial charge in [0.05, 0.1) is 22.4 Å². The van der Waals surface area contributed by atoms with Crippen molar-refractivity contribution in [1.82, 2.24) is 14.9 Å².